The van der Waals surface area contributed by atoms with Crippen LogP contribution in [0, 0.1) is 0 Å². The van der Waals surface area contributed by atoms with Crippen LogP contribution in [0.3, 0.4) is 0 Å². The summed E-state index contributed by atoms with van der Waals surface area (Å²) in [4.78, 5) is 4.28. The Morgan fingerprint density at radius 3 is 3.31 bits per heavy atom. The highest BCUT2D eigenvalue weighted by molar-refractivity contribution is 4.96. The van der Waals surface area contributed by atoms with Crippen LogP contribution in [0.25, 0.3) is 0 Å². The summed E-state index contributed by atoms with van der Waals surface area (Å²) in [6.07, 6.45) is 2.30. The topological polar surface area (TPSA) is 63.0 Å². The Balaban J connectivity index is 2.03. The summed E-state index contributed by atoms with van der Waals surface area (Å²) >= 11 is 0. The van der Waals surface area contributed by atoms with Crippen LogP contribution >= 0.6 is 0 Å². The molecule has 0 spiro atoms. The third-order valence-electron chi connectivity index (χ3n) is 2.18. The van der Waals surface area contributed by atoms with E-state index in [1.54, 1.807) is 0 Å². The molecule has 0 amide bonds. The molecule has 0 radical (unpaired) electrons. The van der Waals surface area contributed by atoms with Crippen LogP contribution in [-0.4, -0.2) is 23.7 Å². The maximum atomic E-state index is 5.05. The van der Waals surface area contributed by atoms with E-state index in [0.29, 0.717) is 18.5 Å². The maximum absolute atomic E-state index is 5.05. The molecule has 0 aromatic carbocycles. The molecule has 2 heterocycles. The van der Waals surface area contributed by atoms with Gasteiger partial charge in [-0.25, -0.2) is 0 Å². The van der Waals surface area contributed by atoms with Gasteiger partial charge in [0.1, 0.15) is 0 Å². The average molecular weight is 182 g/mol. The summed E-state index contributed by atoms with van der Waals surface area (Å²) < 4.78 is 5.05. The van der Waals surface area contributed by atoms with E-state index in [2.05, 4.69) is 20.8 Å². The molecule has 2 rings (SSSR count). The van der Waals surface area contributed by atoms with E-state index in [9.17, 15) is 0 Å². The third-order valence-corrected chi connectivity index (χ3v) is 2.18. The lowest BCUT2D eigenvalue weighted by Gasteiger charge is -2.01. The summed E-state index contributed by atoms with van der Waals surface area (Å²) in [5.41, 5.74) is 0. The Labute approximate surface area is 76.9 Å². The Bertz CT molecular complexity index is 267. The maximum Gasteiger partial charge on any atom is 0.240 e. The summed E-state index contributed by atoms with van der Waals surface area (Å²) in [5.74, 6) is 1.45. The molecule has 1 atom stereocenters. The van der Waals surface area contributed by atoms with Crippen LogP contribution in [0.2, 0.25) is 0 Å². The molecular formula is C8H14N4O. The van der Waals surface area contributed by atoms with E-state index in [4.69, 9.17) is 4.52 Å². The van der Waals surface area contributed by atoms with E-state index in [1.807, 2.05) is 7.05 Å². The molecule has 1 unspecified atom stereocenters. The van der Waals surface area contributed by atoms with Crippen LogP contribution in [0.15, 0.2) is 4.52 Å². The highest BCUT2D eigenvalue weighted by Gasteiger charge is 2.21. The number of rotatable bonds is 3. The third kappa shape index (κ3) is 1.87. The summed E-state index contributed by atoms with van der Waals surface area (Å²) in [7, 11) is 1.86. The first kappa shape index (κ1) is 8.65. The Kier molecular flexibility index (Phi) is 2.56. The number of nitrogens with one attached hydrogen (secondary N) is 2. The quantitative estimate of drug-likeness (QED) is 0.699. The molecule has 0 bridgehead atoms. The zero-order valence-electron chi connectivity index (χ0n) is 7.71. The zero-order chi connectivity index (χ0) is 9.10. The van der Waals surface area contributed by atoms with Gasteiger partial charge in [0.15, 0.2) is 5.82 Å². The van der Waals surface area contributed by atoms with Gasteiger partial charge in [-0.05, 0) is 26.4 Å². The normalized spacial score (nSPS) is 22.4. The highest BCUT2D eigenvalue weighted by atomic mass is 16.5. The molecule has 1 aromatic rings. The van der Waals surface area contributed by atoms with Gasteiger partial charge in [0.05, 0.1) is 12.6 Å². The lowest BCUT2D eigenvalue weighted by atomic mass is 10.2. The molecule has 13 heavy (non-hydrogen) atoms. The predicted octanol–water partition coefficient (Wildman–Crippen LogP) is 0.213. The molecular weight excluding hydrogens is 168 g/mol. The van der Waals surface area contributed by atoms with E-state index < -0.39 is 0 Å². The zero-order valence-corrected chi connectivity index (χ0v) is 7.71. The standard InChI is InChI=1S/C8H14N4O/c1-9-5-7-11-8(12-13-7)6-3-2-4-10-6/h6,9-10H,2-5H2,1H3. The van der Waals surface area contributed by atoms with Crippen molar-refractivity contribution in [1.82, 2.24) is 20.8 Å². The summed E-state index contributed by atoms with van der Waals surface area (Å²) in [5, 5.41) is 10.2. The van der Waals surface area contributed by atoms with Crippen molar-refractivity contribution in [3.8, 4) is 0 Å². The molecule has 2 N–H and O–H groups in total. The Hall–Kier alpha value is -0.940. The molecule has 1 fully saturated rings. The van der Waals surface area contributed by atoms with E-state index in [-0.39, 0.29) is 0 Å². The summed E-state index contributed by atoms with van der Waals surface area (Å²) in [6, 6.07) is 0.300. The van der Waals surface area contributed by atoms with E-state index >= 15 is 0 Å². The van der Waals surface area contributed by atoms with Gasteiger partial charge in [0.25, 0.3) is 0 Å². The van der Waals surface area contributed by atoms with Crippen LogP contribution in [0.4, 0.5) is 0 Å². The monoisotopic (exact) mass is 182 g/mol. The number of hydrogen-bond donors (Lipinski definition) is 2. The second-order valence-electron chi connectivity index (χ2n) is 3.23. The minimum absolute atomic E-state index is 0.300. The molecule has 1 saturated heterocycles. The van der Waals surface area contributed by atoms with Crippen molar-refractivity contribution in [3.63, 3.8) is 0 Å². The molecule has 1 aliphatic heterocycles. The van der Waals surface area contributed by atoms with Gasteiger partial charge in [-0.15, -0.1) is 0 Å². The fraction of sp³-hybridized carbons (Fsp3) is 0.750. The molecule has 5 nitrogen and oxygen atoms in total. The minimum Gasteiger partial charge on any atom is -0.338 e. The van der Waals surface area contributed by atoms with Gasteiger partial charge in [-0.2, -0.15) is 4.98 Å². The predicted molar refractivity (Wildman–Crippen MR) is 47.0 cm³/mol. The van der Waals surface area contributed by atoms with Crippen LogP contribution in [-0.2, 0) is 6.54 Å². The fourth-order valence-electron chi connectivity index (χ4n) is 1.54. The van der Waals surface area contributed by atoms with Crippen molar-refractivity contribution >= 4 is 0 Å². The minimum atomic E-state index is 0.300. The lowest BCUT2D eigenvalue weighted by molar-refractivity contribution is 0.362. The van der Waals surface area contributed by atoms with Crippen molar-refractivity contribution < 1.29 is 4.52 Å². The van der Waals surface area contributed by atoms with Crippen LogP contribution in [0.5, 0.6) is 0 Å². The van der Waals surface area contributed by atoms with E-state index in [0.717, 1.165) is 18.8 Å². The highest BCUT2D eigenvalue weighted by Crippen LogP contribution is 2.19. The van der Waals surface area contributed by atoms with Gasteiger partial charge in [-0.3, -0.25) is 0 Å². The van der Waals surface area contributed by atoms with Crippen molar-refractivity contribution in [2.24, 2.45) is 0 Å². The fourth-order valence-corrected chi connectivity index (χ4v) is 1.54. The average Bonchev–Trinajstić information content (AvgIpc) is 2.70. The SMILES string of the molecule is CNCc1nc(C2CCCN2)no1. The molecule has 0 aliphatic carbocycles. The molecule has 1 aliphatic rings. The van der Waals surface area contributed by atoms with Crippen LogP contribution < -0.4 is 10.6 Å². The van der Waals surface area contributed by atoms with Crippen molar-refractivity contribution in [3.05, 3.63) is 11.7 Å². The Morgan fingerprint density at radius 1 is 1.69 bits per heavy atom. The lowest BCUT2D eigenvalue weighted by Crippen LogP contribution is -2.14. The van der Waals surface area contributed by atoms with Gasteiger partial charge >= 0.3 is 0 Å². The van der Waals surface area contributed by atoms with Crippen LogP contribution in [0.1, 0.15) is 30.6 Å². The first-order valence-electron chi connectivity index (χ1n) is 4.60. The number of aromatic nitrogens is 2. The molecule has 1 aromatic heterocycles. The largest absolute Gasteiger partial charge is 0.338 e. The number of nitrogens with zero attached hydrogens (tertiary/aromatic N) is 2. The smallest absolute Gasteiger partial charge is 0.240 e. The van der Waals surface area contributed by atoms with Gasteiger partial charge < -0.3 is 15.2 Å². The van der Waals surface area contributed by atoms with Gasteiger partial charge in [0, 0.05) is 0 Å². The van der Waals surface area contributed by atoms with Crippen molar-refractivity contribution in [1.29, 1.82) is 0 Å². The molecule has 72 valence electrons. The Morgan fingerprint density at radius 2 is 2.62 bits per heavy atom. The summed E-state index contributed by atoms with van der Waals surface area (Å²) in [6.45, 7) is 1.69. The van der Waals surface area contributed by atoms with Gasteiger partial charge in [0.2, 0.25) is 5.89 Å². The first-order valence-corrected chi connectivity index (χ1v) is 4.60. The van der Waals surface area contributed by atoms with Crippen molar-refractivity contribution in [2.75, 3.05) is 13.6 Å². The second kappa shape index (κ2) is 3.85. The molecule has 0 saturated carbocycles. The van der Waals surface area contributed by atoms with E-state index in [1.165, 1.54) is 6.42 Å². The molecule has 5 heteroatoms. The number of hydrogen-bond acceptors (Lipinski definition) is 5. The second-order valence-corrected chi connectivity index (χ2v) is 3.23. The first-order chi connectivity index (χ1) is 6.40. The van der Waals surface area contributed by atoms with Gasteiger partial charge in [-0.1, -0.05) is 5.16 Å². The van der Waals surface area contributed by atoms with Crippen molar-refractivity contribution in [2.45, 2.75) is 25.4 Å².